The molecule has 0 unspecified atom stereocenters. The highest BCUT2D eigenvalue weighted by Gasteiger charge is 2.14. The lowest BCUT2D eigenvalue weighted by atomic mass is 10.4. The number of aromatic carboxylic acids is 1. The quantitative estimate of drug-likeness (QED) is 0.757. The Morgan fingerprint density at radius 2 is 2.15 bits per heavy atom. The van der Waals surface area contributed by atoms with Crippen LogP contribution in [-0.2, 0) is 6.54 Å². The molecule has 0 fully saturated rings. The predicted octanol–water partition coefficient (Wildman–Crippen LogP) is 1.43. The standard InChI is InChI=1S/C10H6BrN5O4/c11-7-2-1-6(19-7)9-14-13-8(20-9)4-16-3-5(10(17)18)12-15-16/h1-3H,4H2,(H,17,18). The van der Waals surface area contributed by atoms with Gasteiger partial charge in [-0.15, -0.1) is 15.3 Å². The number of carboxylic acids is 1. The summed E-state index contributed by atoms with van der Waals surface area (Å²) < 4.78 is 12.5. The highest BCUT2D eigenvalue weighted by molar-refractivity contribution is 9.10. The average molecular weight is 340 g/mol. The molecular weight excluding hydrogens is 334 g/mol. The zero-order chi connectivity index (χ0) is 14.1. The van der Waals surface area contributed by atoms with Crippen molar-refractivity contribution in [2.75, 3.05) is 0 Å². The Bertz CT molecular complexity index is 761. The van der Waals surface area contributed by atoms with Crippen molar-refractivity contribution in [3.05, 3.63) is 34.6 Å². The van der Waals surface area contributed by atoms with E-state index >= 15 is 0 Å². The molecule has 0 aromatic carbocycles. The van der Waals surface area contributed by atoms with Gasteiger partial charge in [0.25, 0.3) is 5.89 Å². The van der Waals surface area contributed by atoms with Gasteiger partial charge in [0.15, 0.2) is 16.1 Å². The van der Waals surface area contributed by atoms with Gasteiger partial charge in [0.2, 0.25) is 5.89 Å². The second-order valence-electron chi connectivity index (χ2n) is 3.71. The number of rotatable bonds is 4. The fraction of sp³-hybridized carbons (Fsp3) is 0.100. The van der Waals surface area contributed by atoms with Crippen molar-refractivity contribution in [2.45, 2.75) is 6.54 Å². The summed E-state index contributed by atoms with van der Waals surface area (Å²) in [5.74, 6) is -0.234. The zero-order valence-electron chi connectivity index (χ0n) is 9.73. The average Bonchev–Trinajstić information content (AvgIpc) is 3.09. The molecule has 10 heteroatoms. The largest absolute Gasteiger partial charge is 0.476 e. The summed E-state index contributed by atoms with van der Waals surface area (Å²) in [6, 6.07) is 3.38. The van der Waals surface area contributed by atoms with Crippen LogP contribution >= 0.6 is 15.9 Å². The Morgan fingerprint density at radius 3 is 2.80 bits per heavy atom. The number of halogens is 1. The van der Waals surface area contributed by atoms with Crippen LogP contribution in [0.2, 0.25) is 0 Å². The topological polar surface area (TPSA) is 120 Å². The van der Waals surface area contributed by atoms with Gasteiger partial charge in [0.05, 0.1) is 6.20 Å². The molecular formula is C10H6BrN5O4. The third-order valence-corrected chi connectivity index (χ3v) is 2.73. The molecule has 0 radical (unpaired) electrons. The van der Waals surface area contributed by atoms with Gasteiger partial charge in [-0.25, -0.2) is 9.48 Å². The normalized spacial score (nSPS) is 10.8. The molecule has 3 rings (SSSR count). The number of carboxylic acid groups (broad SMARTS) is 1. The van der Waals surface area contributed by atoms with Crippen LogP contribution in [0.4, 0.5) is 0 Å². The first-order valence-electron chi connectivity index (χ1n) is 5.33. The fourth-order valence-corrected chi connectivity index (χ4v) is 1.77. The number of hydrogen-bond acceptors (Lipinski definition) is 7. The van der Waals surface area contributed by atoms with E-state index in [1.54, 1.807) is 12.1 Å². The van der Waals surface area contributed by atoms with Crippen LogP contribution in [0, 0.1) is 0 Å². The molecule has 102 valence electrons. The maximum Gasteiger partial charge on any atom is 0.358 e. The van der Waals surface area contributed by atoms with E-state index in [0.717, 1.165) is 0 Å². The molecule has 0 saturated heterocycles. The second-order valence-corrected chi connectivity index (χ2v) is 4.49. The minimum atomic E-state index is -1.15. The molecule has 3 heterocycles. The minimum Gasteiger partial charge on any atom is -0.476 e. The third kappa shape index (κ3) is 2.45. The van der Waals surface area contributed by atoms with E-state index in [1.807, 2.05) is 0 Å². The van der Waals surface area contributed by atoms with Crippen molar-refractivity contribution in [3.63, 3.8) is 0 Å². The third-order valence-electron chi connectivity index (χ3n) is 2.31. The van der Waals surface area contributed by atoms with E-state index in [2.05, 4.69) is 36.4 Å². The van der Waals surface area contributed by atoms with Gasteiger partial charge in [-0.2, -0.15) is 0 Å². The Hall–Kier alpha value is -2.49. The number of hydrogen-bond donors (Lipinski definition) is 1. The van der Waals surface area contributed by atoms with Gasteiger partial charge in [0, 0.05) is 0 Å². The highest BCUT2D eigenvalue weighted by Crippen LogP contribution is 2.23. The SMILES string of the molecule is O=C(O)c1cn(Cc2nnc(-c3ccc(Br)o3)o2)nn1. The Morgan fingerprint density at radius 1 is 1.30 bits per heavy atom. The molecule has 20 heavy (non-hydrogen) atoms. The molecule has 3 aromatic rings. The van der Waals surface area contributed by atoms with Crippen LogP contribution in [-0.4, -0.2) is 36.3 Å². The van der Waals surface area contributed by atoms with Crippen LogP contribution in [0.25, 0.3) is 11.7 Å². The first-order valence-corrected chi connectivity index (χ1v) is 6.12. The second kappa shape index (κ2) is 4.89. The summed E-state index contributed by atoms with van der Waals surface area (Å²) in [4.78, 5) is 10.7. The highest BCUT2D eigenvalue weighted by atomic mass is 79.9. The van der Waals surface area contributed by atoms with Gasteiger partial charge in [-0.1, -0.05) is 5.21 Å². The molecule has 0 amide bonds. The molecule has 0 spiro atoms. The van der Waals surface area contributed by atoms with Gasteiger partial charge in [0.1, 0.15) is 6.54 Å². The monoisotopic (exact) mass is 339 g/mol. The number of aromatic nitrogens is 5. The maximum atomic E-state index is 10.7. The van der Waals surface area contributed by atoms with Gasteiger partial charge < -0.3 is 13.9 Å². The van der Waals surface area contributed by atoms with Crippen molar-refractivity contribution in [1.82, 2.24) is 25.2 Å². The summed E-state index contributed by atoms with van der Waals surface area (Å²) in [5, 5.41) is 23.5. The number of nitrogens with zero attached hydrogens (tertiary/aromatic N) is 5. The first-order chi connectivity index (χ1) is 9.61. The lowest BCUT2D eigenvalue weighted by molar-refractivity contribution is 0.0690. The van der Waals surface area contributed by atoms with Crippen LogP contribution in [0.3, 0.4) is 0 Å². The fourth-order valence-electron chi connectivity index (χ4n) is 1.46. The van der Waals surface area contributed by atoms with Crippen molar-refractivity contribution < 1.29 is 18.7 Å². The van der Waals surface area contributed by atoms with E-state index in [-0.39, 0.29) is 24.0 Å². The summed E-state index contributed by atoms with van der Waals surface area (Å²) in [6.45, 7) is 0.120. The van der Waals surface area contributed by atoms with E-state index in [4.69, 9.17) is 13.9 Å². The number of carbonyl (C=O) groups is 1. The maximum absolute atomic E-state index is 10.7. The molecule has 1 N–H and O–H groups in total. The van der Waals surface area contributed by atoms with Gasteiger partial charge in [-0.05, 0) is 28.1 Å². The Kier molecular flexibility index (Phi) is 3.06. The number of furan rings is 1. The molecule has 0 aliphatic rings. The zero-order valence-corrected chi connectivity index (χ0v) is 11.3. The molecule has 0 saturated carbocycles. The molecule has 0 aliphatic heterocycles. The van der Waals surface area contributed by atoms with Gasteiger partial charge >= 0.3 is 5.97 Å². The van der Waals surface area contributed by atoms with Crippen LogP contribution in [0.5, 0.6) is 0 Å². The van der Waals surface area contributed by atoms with Crippen LogP contribution in [0.15, 0.2) is 31.8 Å². The van der Waals surface area contributed by atoms with Crippen LogP contribution in [0.1, 0.15) is 16.4 Å². The molecule has 0 atom stereocenters. The van der Waals surface area contributed by atoms with Crippen molar-refractivity contribution >= 4 is 21.9 Å². The Balaban J connectivity index is 1.78. The van der Waals surface area contributed by atoms with Gasteiger partial charge in [-0.3, -0.25) is 0 Å². The molecule has 9 nitrogen and oxygen atoms in total. The van der Waals surface area contributed by atoms with Crippen molar-refractivity contribution in [2.24, 2.45) is 0 Å². The minimum absolute atomic E-state index is 0.120. The molecule has 0 bridgehead atoms. The van der Waals surface area contributed by atoms with Crippen molar-refractivity contribution in [3.8, 4) is 11.7 Å². The van der Waals surface area contributed by atoms with E-state index in [0.29, 0.717) is 10.4 Å². The first kappa shape index (κ1) is 12.5. The van der Waals surface area contributed by atoms with E-state index < -0.39 is 5.97 Å². The lowest BCUT2D eigenvalue weighted by Crippen LogP contribution is -2.00. The summed E-state index contributed by atoms with van der Waals surface area (Å²) in [6.07, 6.45) is 1.27. The summed E-state index contributed by atoms with van der Waals surface area (Å²) in [5.41, 5.74) is -0.153. The molecule has 0 aliphatic carbocycles. The Labute approximate surface area is 119 Å². The molecule has 3 aromatic heterocycles. The smallest absolute Gasteiger partial charge is 0.358 e. The van der Waals surface area contributed by atoms with Crippen LogP contribution < -0.4 is 0 Å². The predicted molar refractivity (Wildman–Crippen MR) is 65.8 cm³/mol. The van der Waals surface area contributed by atoms with Crippen molar-refractivity contribution in [1.29, 1.82) is 0 Å². The van der Waals surface area contributed by atoms with E-state index in [9.17, 15) is 4.79 Å². The van der Waals surface area contributed by atoms with E-state index in [1.165, 1.54) is 10.9 Å². The summed E-state index contributed by atoms with van der Waals surface area (Å²) >= 11 is 3.17. The summed E-state index contributed by atoms with van der Waals surface area (Å²) in [7, 11) is 0. The lowest BCUT2D eigenvalue weighted by Gasteiger charge is -1.92.